The van der Waals surface area contributed by atoms with Crippen molar-refractivity contribution in [2.45, 2.75) is 19.4 Å². The molecule has 0 N–H and O–H groups in total. The Labute approximate surface area is 83.6 Å². The largest absolute Gasteiger partial charge is 0.425 e. The number of methoxy groups -OCH3 is 1. The Balaban J connectivity index is 2.57. The molecule has 0 aliphatic rings. The number of para-hydroxylation sites is 1. The van der Waals surface area contributed by atoms with E-state index in [9.17, 15) is 4.79 Å². The maximum atomic E-state index is 11.4. The second-order valence-corrected chi connectivity index (χ2v) is 2.87. The quantitative estimate of drug-likeness (QED) is 0.543. The number of carbonyl (C=O) groups is 1. The lowest BCUT2D eigenvalue weighted by atomic mass is 10.3. The van der Waals surface area contributed by atoms with Crippen LogP contribution in [0.2, 0.25) is 0 Å². The fourth-order valence-corrected chi connectivity index (χ4v) is 1.10. The summed E-state index contributed by atoms with van der Waals surface area (Å²) >= 11 is 0. The van der Waals surface area contributed by atoms with Gasteiger partial charge in [-0.3, -0.25) is 0 Å². The average molecular weight is 194 g/mol. The first-order chi connectivity index (χ1) is 6.77. The Kier molecular flexibility index (Phi) is 4.13. The lowest BCUT2D eigenvalue weighted by Gasteiger charge is -2.11. The van der Waals surface area contributed by atoms with Gasteiger partial charge in [-0.2, -0.15) is 0 Å². The van der Waals surface area contributed by atoms with E-state index >= 15 is 0 Å². The number of rotatable bonds is 4. The van der Waals surface area contributed by atoms with Gasteiger partial charge in [0.25, 0.3) is 0 Å². The molecule has 0 saturated heterocycles. The van der Waals surface area contributed by atoms with Crippen molar-refractivity contribution in [3.8, 4) is 5.75 Å². The molecule has 1 aromatic carbocycles. The predicted octanol–water partition coefficient (Wildman–Crippen LogP) is 2.02. The Hall–Kier alpha value is -1.35. The third-order valence-corrected chi connectivity index (χ3v) is 1.88. The minimum Gasteiger partial charge on any atom is -0.425 e. The Morgan fingerprint density at radius 3 is 2.50 bits per heavy atom. The summed E-state index contributed by atoms with van der Waals surface area (Å²) in [5.74, 6) is 0.203. The Morgan fingerprint density at radius 2 is 2.00 bits per heavy atom. The van der Waals surface area contributed by atoms with Gasteiger partial charge in [0, 0.05) is 7.11 Å². The highest BCUT2D eigenvalue weighted by atomic mass is 16.6. The molecule has 0 fully saturated rings. The number of carbonyl (C=O) groups excluding carboxylic acids is 1. The van der Waals surface area contributed by atoms with Crippen molar-refractivity contribution in [1.29, 1.82) is 0 Å². The summed E-state index contributed by atoms with van der Waals surface area (Å²) in [6, 6.07) is 8.97. The second kappa shape index (κ2) is 5.40. The summed E-state index contributed by atoms with van der Waals surface area (Å²) in [6.45, 7) is 1.88. The molecule has 3 nitrogen and oxygen atoms in total. The lowest BCUT2D eigenvalue weighted by Crippen LogP contribution is -2.26. The molecule has 0 aliphatic heterocycles. The zero-order valence-electron chi connectivity index (χ0n) is 8.40. The Bertz CT molecular complexity index is 278. The standard InChI is InChI=1S/C11H14O3/c1-3-10(13-2)11(12)14-9-7-5-4-6-8-9/h4-8,10H,3H2,1-2H3. The number of esters is 1. The first kappa shape index (κ1) is 10.7. The van der Waals surface area contributed by atoms with Gasteiger partial charge >= 0.3 is 5.97 Å². The van der Waals surface area contributed by atoms with Crippen molar-refractivity contribution >= 4 is 5.97 Å². The zero-order chi connectivity index (χ0) is 10.4. The predicted molar refractivity (Wildman–Crippen MR) is 53.2 cm³/mol. The molecule has 0 spiro atoms. The molecule has 0 radical (unpaired) electrons. The van der Waals surface area contributed by atoms with Crippen LogP contribution in [0.3, 0.4) is 0 Å². The van der Waals surface area contributed by atoms with Gasteiger partial charge in [-0.15, -0.1) is 0 Å². The fourth-order valence-electron chi connectivity index (χ4n) is 1.10. The maximum absolute atomic E-state index is 11.4. The van der Waals surface area contributed by atoms with Crippen LogP contribution in [-0.4, -0.2) is 19.2 Å². The number of hydrogen-bond acceptors (Lipinski definition) is 3. The normalized spacial score (nSPS) is 12.1. The van der Waals surface area contributed by atoms with E-state index in [2.05, 4.69) is 0 Å². The molecule has 0 aromatic heterocycles. The molecule has 0 bridgehead atoms. The third-order valence-electron chi connectivity index (χ3n) is 1.88. The van der Waals surface area contributed by atoms with Gasteiger partial charge in [-0.1, -0.05) is 25.1 Å². The molecule has 0 amide bonds. The molecular weight excluding hydrogens is 180 g/mol. The van der Waals surface area contributed by atoms with Gasteiger partial charge in [-0.25, -0.2) is 4.79 Å². The average Bonchev–Trinajstić information content (AvgIpc) is 2.21. The van der Waals surface area contributed by atoms with Crippen LogP contribution in [0.1, 0.15) is 13.3 Å². The maximum Gasteiger partial charge on any atom is 0.340 e. The van der Waals surface area contributed by atoms with Gasteiger partial charge in [-0.05, 0) is 18.6 Å². The lowest BCUT2D eigenvalue weighted by molar-refractivity contribution is -0.145. The molecule has 0 aliphatic carbocycles. The summed E-state index contributed by atoms with van der Waals surface area (Å²) in [6.07, 6.45) is 0.137. The zero-order valence-corrected chi connectivity index (χ0v) is 8.40. The highest BCUT2D eigenvalue weighted by Crippen LogP contribution is 2.10. The van der Waals surface area contributed by atoms with E-state index in [0.29, 0.717) is 12.2 Å². The van der Waals surface area contributed by atoms with Crippen molar-refractivity contribution in [2.24, 2.45) is 0 Å². The summed E-state index contributed by atoms with van der Waals surface area (Å²) in [5.41, 5.74) is 0. The van der Waals surface area contributed by atoms with Crippen LogP contribution < -0.4 is 4.74 Å². The smallest absolute Gasteiger partial charge is 0.340 e. The topological polar surface area (TPSA) is 35.5 Å². The van der Waals surface area contributed by atoms with Crippen LogP contribution >= 0.6 is 0 Å². The summed E-state index contributed by atoms with van der Waals surface area (Å²) in [7, 11) is 1.50. The van der Waals surface area contributed by atoms with E-state index in [1.54, 1.807) is 12.1 Å². The van der Waals surface area contributed by atoms with Gasteiger partial charge in [0.1, 0.15) is 5.75 Å². The number of hydrogen-bond donors (Lipinski definition) is 0. The molecule has 1 aromatic rings. The third kappa shape index (κ3) is 2.85. The van der Waals surface area contributed by atoms with E-state index in [4.69, 9.17) is 9.47 Å². The van der Waals surface area contributed by atoms with Gasteiger partial charge in [0.2, 0.25) is 0 Å². The minimum atomic E-state index is -0.477. The van der Waals surface area contributed by atoms with Crippen molar-refractivity contribution in [3.63, 3.8) is 0 Å². The first-order valence-corrected chi connectivity index (χ1v) is 4.57. The molecule has 1 rings (SSSR count). The van der Waals surface area contributed by atoms with Crippen LogP contribution in [0, 0.1) is 0 Å². The molecule has 76 valence electrons. The van der Waals surface area contributed by atoms with Crippen molar-refractivity contribution in [2.75, 3.05) is 7.11 Å². The van der Waals surface area contributed by atoms with Crippen LogP contribution in [0.25, 0.3) is 0 Å². The van der Waals surface area contributed by atoms with Crippen molar-refractivity contribution in [3.05, 3.63) is 30.3 Å². The van der Waals surface area contributed by atoms with E-state index in [1.165, 1.54) is 7.11 Å². The second-order valence-electron chi connectivity index (χ2n) is 2.87. The van der Waals surface area contributed by atoms with Gasteiger partial charge < -0.3 is 9.47 Å². The first-order valence-electron chi connectivity index (χ1n) is 4.57. The SMILES string of the molecule is CCC(OC)C(=O)Oc1ccccc1. The monoisotopic (exact) mass is 194 g/mol. The van der Waals surface area contributed by atoms with E-state index in [1.807, 2.05) is 25.1 Å². The van der Waals surface area contributed by atoms with Crippen LogP contribution in [-0.2, 0) is 9.53 Å². The molecule has 0 saturated carbocycles. The van der Waals surface area contributed by atoms with Crippen molar-refractivity contribution < 1.29 is 14.3 Å². The van der Waals surface area contributed by atoms with E-state index in [-0.39, 0.29) is 5.97 Å². The number of benzene rings is 1. The molecular formula is C11H14O3. The molecule has 1 atom stereocenters. The highest BCUT2D eigenvalue weighted by molar-refractivity contribution is 5.77. The van der Waals surface area contributed by atoms with Gasteiger partial charge in [0.15, 0.2) is 6.10 Å². The van der Waals surface area contributed by atoms with E-state index in [0.717, 1.165) is 0 Å². The summed E-state index contributed by atoms with van der Waals surface area (Å²) in [4.78, 5) is 11.4. The van der Waals surface area contributed by atoms with Crippen LogP contribution in [0.4, 0.5) is 0 Å². The molecule has 3 heteroatoms. The summed E-state index contributed by atoms with van der Waals surface area (Å²) < 4.78 is 10.1. The van der Waals surface area contributed by atoms with Crippen LogP contribution in [0.5, 0.6) is 5.75 Å². The molecule has 14 heavy (non-hydrogen) atoms. The minimum absolute atomic E-state index is 0.346. The van der Waals surface area contributed by atoms with Gasteiger partial charge in [0.05, 0.1) is 0 Å². The molecule has 0 heterocycles. The van der Waals surface area contributed by atoms with Crippen molar-refractivity contribution in [1.82, 2.24) is 0 Å². The molecule has 1 unspecified atom stereocenters. The summed E-state index contributed by atoms with van der Waals surface area (Å²) in [5, 5.41) is 0. The fraction of sp³-hybridized carbons (Fsp3) is 0.364. The van der Waals surface area contributed by atoms with Crippen LogP contribution in [0.15, 0.2) is 30.3 Å². The van der Waals surface area contributed by atoms with E-state index < -0.39 is 6.10 Å². The Morgan fingerprint density at radius 1 is 1.36 bits per heavy atom. The highest BCUT2D eigenvalue weighted by Gasteiger charge is 2.17. The number of ether oxygens (including phenoxy) is 2.